The maximum Gasteiger partial charge on any atom is 0.0681 e. The van der Waals surface area contributed by atoms with Crippen molar-refractivity contribution in [2.75, 3.05) is 6.61 Å². The van der Waals surface area contributed by atoms with Gasteiger partial charge in [0.1, 0.15) is 0 Å². The average molecular weight is 370 g/mol. The van der Waals surface area contributed by atoms with Gasteiger partial charge in [-0.1, -0.05) is 91.0 Å². The minimum absolute atomic E-state index is 0.0509. The molecule has 0 unspecified atom stereocenters. The van der Waals surface area contributed by atoms with Gasteiger partial charge in [0.05, 0.1) is 18.6 Å². The molecule has 0 aromatic heterocycles. The third-order valence-electron chi connectivity index (χ3n) is 5.04. The lowest BCUT2D eigenvalue weighted by molar-refractivity contribution is 0.0833. The van der Waals surface area contributed by atoms with Crippen molar-refractivity contribution in [3.05, 3.63) is 108 Å². The maximum atomic E-state index is 10.2. The quantitative estimate of drug-likeness (QED) is 0.606. The van der Waals surface area contributed by atoms with Crippen LogP contribution in [0.2, 0.25) is 0 Å². The molecule has 142 valence electrons. The summed E-state index contributed by atoms with van der Waals surface area (Å²) in [5, 5.41) is 20.1. The van der Waals surface area contributed by atoms with Crippen LogP contribution in [0.3, 0.4) is 0 Å². The molecule has 0 bridgehead atoms. The average Bonchev–Trinajstić information content (AvgIpc) is 2.75. The monoisotopic (exact) mass is 370 g/mol. The fourth-order valence-electron chi connectivity index (χ4n) is 3.56. The van der Waals surface area contributed by atoms with Crippen LogP contribution in [-0.2, 0) is 19.5 Å². The lowest BCUT2D eigenvalue weighted by Gasteiger charge is -2.33. The van der Waals surface area contributed by atoms with Crippen LogP contribution in [0, 0.1) is 17.2 Å². The van der Waals surface area contributed by atoms with Crippen molar-refractivity contribution in [2.45, 2.75) is 25.6 Å². The van der Waals surface area contributed by atoms with Crippen LogP contribution in [0.15, 0.2) is 91.0 Å². The van der Waals surface area contributed by atoms with Gasteiger partial charge in [0, 0.05) is 19.1 Å². The van der Waals surface area contributed by atoms with Gasteiger partial charge in [0.15, 0.2) is 0 Å². The van der Waals surface area contributed by atoms with Gasteiger partial charge >= 0.3 is 0 Å². The molecule has 0 aliphatic heterocycles. The Bertz CT molecular complexity index is 818. The summed E-state index contributed by atoms with van der Waals surface area (Å²) in [7, 11) is 0. The van der Waals surface area contributed by atoms with E-state index < -0.39 is 0 Å². The summed E-state index contributed by atoms with van der Waals surface area (Å²) >= 11 is 0. The highest BCUT2D eigenvalue weighted by Crippen LogP contribution is 2.21. The molecule has 0 aliphatic carbocycles. The van der Waals surface area contributed by atoms with Crippen molar-refractivity contribution in [1.29, 1.82) is 5.26 Å². The summed E-state index contributed by atoms with van der Waals surface area (Å²) in [6, 6.07) is 32.7. The molecule has 0 heterocycles. The van der Waals surface area contributed by atoms with E-state index in [-0.39, 0.29) is 18.6 Å². The zero-order valence-corrected chi connectivity index (χ0v) is 16.0. The van der Waals surface area contributed by atoms with Gasteiger partial charge in [-0.15, -0.1) is 0 Å². The molecule has 3 rings (SSSR count). The number of rotatable bonds is 9. The summed E-state index contributed by atoms with van der Waals surface area (Å²) in [4.78, 5) is 2.22. The normalized spacial score (nSPS) is 13.0. The molecule has 0 fully saturated rings. The molecule has 0 amide bonds. The van der Waals surface area contributed by atoms with Crippen molar-refractivity contribution in [3.63, 3.8) is 0 Å². The van der Waals surface area contributed by atoms with E-state index in [1.807, 2.05) is 66.7 Å². The van der Waals surface area contributed by atoms with Gasteiger partial charge < -0.3 is 5.11 Å². The van der Waals surface area contributed by atoms with Crippen molar-refractivity contribution in [3.8, 4) is 6.07 Å². The maximum absolute atomic E-state index is 10.2. The molecule has 0 spiro atoms. The molecule has 0 radical (unpaired) electrons. The van der Waals surface area contributed by atoms with Gasteiger partial charge in [0.25, 0.3) is 0 Å². The van der Waals surface area contributed by atoms with Gasteiger partial charge in [-0.05, 0) is 23.1 Å². The van der Waals surface area contributed by atoms with Crippen molar-refractivity contribution >= 4 is 0 Å². The number of aliphatic hydroxyl groups excluding tert-OH is 1. The Balaban J connectivity index is 1.85. The van der Waals surface area contributed by atoms with E-state index in [2.05, 4.69) is 35.2 Å². The second-order valence-corrected chi connectivity index (χ2v) is 7.05. The van der Waals surface area contributed by atoms with Gasteiger partial charge in [-0.25, -0.2) is 0 Å². The lowest BCUT2D eigenvalue weighted by atomic mass is 9.92. The molecule has 2 atom stereocenters. The molecule has 1 N–H and O–H groups in total. The van der Waals surface area contributed by atoms with E-state index >= 15 is 0 Å². The first-order valence-electron chi connectivity index (χ1n) is 9.66. The highest BCUT2D eigenvalue weighted by Gasteiger charge is 2.27. The van der Waals surface area contributed by atoms with Gasteiger partial charge in [0.2, 0.25) is 0 Å². The molecule has 3 aromatic rings. The highest BCUT2D eigenvalue weighted by molar-refractivity contribution is 5.20. The summed E-state index contributed by atoms with van der Waals surface area (Å²) in [6.07, 6.45) is 0.628. The largest absolute Gasteiger partial charge is 0.395 e. The Labute approximate surface area is 167 Å². The summed E-state index contributed by atoms with van der Waals surface area (Å²) < 4.78 is 0. The Morgan fingerprint density at radius 2 is 1.14 bits per heavy atom. The van der Waals surface area contributed by atoms with Crippen LogP contribution in [0.25, 0.3) is 0 Å². The molecular formula is C25H26N2O. The number of benzene rings is 3. The van der Waals surface area contributed by atoms with E-state index in [1.165, 1.54) is 11.1 Å². The molecule has 28 heavy (non-hydrogen) atoms. The molecule has 3 aromatic carbocycles. The first kappa shape index (κ1) is 19.8. The molecule has 0 aliphatic rings. The second kappa shape index (κ2) is 10.4. The lowest BCUT2D eigenvalue weighted by Crippen LogP contribution is -2.43. The summed E-state index contributed by atoms with van der Waals surface area (Å²) in [5.74, 6) is -0.292. The highest BCUT2D eigenvalue weighted by atomic mass is 16.3. The fraction of sp³-hybridized carbons (Fsp3) is 0.240. The van der Waals surface area contributed by atoms with E-state index in [0.29, 0.717) is 19.5 Å². The predicted molar refractivity (Wildman–Crippen MR) is 112 cm³/mol. The number of hydrogen-bond acceptors (Lipinski definition) is 3. The first-order chi connectivity index (χ1) is 13.8. The SMILES string of the molecule is N#C[C@@H](Cc1ccccc1)[C@H](CO)N(Cc1ccccc1)Cc1ccccc1. The molecule has 3 heteroatoms. The van der Waals surface area contributed by atoms with E-state index in [1.54, 1.807) is 0 Å². The van der Waals surface area contributed by atoms with Crippen molar-refractivity contribution in [1.82, 2.24) is 4.90 Å². The van der Waals surface area contributed by atoms with Crippen LogP contribution in [0.1, 0.15) is 16.7 Å². The minimum atomic E-state index is -0.292. The number of aliphatic hydroxyl groups is 1. The van der Waals surface area contributed by atoms with Gasteiger partial charge in [-0.3, -0.25) is 4.90 Å². The number of nitriles is 1. The standard InChI is InChI=1S/C25H26N2O/c26-17-24(16-21-10-4-1-5-11-21)25(20-28)27(18-22-12-6-2-7-13-22)19-23-14-8-3-9-15-23/h1-15,24-25,28H,16,18-20H2/t24-,25+/m1/s1. The third-order valence-corrected chi connectivity index (χ3v) is 5.04. The van der Waals surface area contributed by atoms with Crippen LogP contribution >= 0.6 is 0 Å². The molecule has 0 saturated heterocycles. The summed E-state index contributed by atoms with van der Waals surface area (Å²) in [5.41, 5.74) is 3.47. The van der Waals surface area contributed by atoms with E-state index in [4.69, 9.17) is 0 Å². The summed E-state index contributed by atoms with van der Waals surface area (Å²) in [6.45, 7) is 1.33. The Morgan fingerprint density at radius 1 is 0.714 bits per heavy atom. The first-order valence-corrected chi connectivity index (χ1v) is 9.66. The van der Waals surface area contributed by atoms with Crippen molar-refractivity contribution < 1.29 is 5.11 Å². The topological polar surface area (TPSA) is 47.3 Å². The Hall–Kier alpha value is -2.93. The minimum Gasteiger partial charge on any atom is -0.395 e. The molecular weight excluding hydrogens is 344 g/mol. The van der Waals surface area contributed by atoms with Crippen molar-refractivity contribution in [2.24, 2.45) is 5.92 Å². The third kappa shape index (κ3) is 5.53. The van der Waals surface area contributed by atoms with Gasteiger partial charge in [-0.2, -0.15) is 5.26 Å². The Kier molecular flexibility index (Phi) is 7.37. The van der Waals surface area contributed by atoms with Crippen LogP contribution in [0.5, 0.6) is 0 Å². The molecule has 3 nitrogen and oxygen atoms in total. The van der Waals surface area contributed by atoms with Crippen LogP contribution < -0.4 is 0 Å². The van der Waals surface area contributed by atoms with E-state index in [0.717, 1.165) is 5.56 Å². The second-order valence-electron chi connectivity index (χ2n) is 7.05. The number of hydrogen-bond donors (Lipinski definition) is 1. The van der Waals surface area contributed by atoms with Crippen LogP contribution in [0.4, 0.5) is 0 Å². The predicted octanol–water partition coefficient (Wildman–Crippen LogP) is 4.43. The molecule has 0 saturated carbocycles. The van der Waals surface area contributed by atoms with Crippen LogP contribution in [-0.4, -0.2) is 22.7 Å². The zero-order valence-electron chi connectivity index (χ0n) is 16.0. The Morgan fingerprint density at radius 3 is 1.54 bits per heavy atom. The smallest absolute Gasteiger partial charge is 0.0681 e. The number of nitrogens with zero attached hydrogens (tertiary/aromatic N) is 2. The van der Waals surface area contributed by atoms with E-state index in [9.17, 15) is 10.4 Å². The fourth-order valence-corrected chi connectivity index (χ4v) is 3.56. The zero-order chi connectivity index (χ0) is 19.6.